The third-order valence-electron chi connectivity index (χ3n) is 4.94. The molecule has 120 valence electrons. The van der Waals surface area contributed by atoms with E-state index in [0.29, 0.717) is 11.3 Å². The van der Waals surface area contributed by atoms with Crippen LogP contribution in [0.4, 0.5) is 5.69 Å². The van der Waals surface area contributed by atoms with Gasteiger partial charge in [-0.15, -0.1) is 0 Å². The van der Waals surface area contributed by atoms with Gasteiger partial charge >= 0.3 is 0 Å². The van der Waals surface area contributed by atoms with E-state index in [1.807, 2.05) is 31.2 Å². The normalized spacial score (nSPS) is 15.2. The lowest BCUT2D eigenvalue weighted by atomic mass is 9.96. The van der Waals surface area contributed by atoms with Gasteiger partial charge in [0.2, 0.25) is 0 Å². The van der Waals surface area contributed by atoms with E-state index in [2.05, 4.69) is 35.6 Å². The molecule has 3 aromatic rings. The SMILES string of the molecule is Cc1cccc(N)c1C(=O)NC1(c2cccc3ccccc23)CC1. The minimum Gasteiger partial charge on any atom is -0.398 e. The van der Waals surface area contributed by atoms with Crippen LogP contribution in [0.15, 0.2) is 60.7 Å². The Morgan fingerprint density at radius 2 is 1.71 bits per heavy atom. The highest BCUT2D eigenvalue weighted by Crippen LogP contribution is 2.48. The highest BCUT2D eigenvalue weighted by Gasteiger charge is 2.46. The Morgan fingerprint density at radius 3 is 2.46 bits per heavy atom. The van der Waals surface area contributed by atoms with Crippen LogP contribution >= 0.6 is 0 Å². The second kappa shape index (κ2) is 5.38. The van der Waals surface area contributed by atoms with E-state index < -0.39 is 0 Å². The van der Waals surface area contributed by atoms with Gasteiger partial charge in [-0.2, -0.15) is 0 Å². The number of nitrogens with one attached hydrogen (secondary N) is 1. The molecule has 3 N–H and O–H groups in total. The van der Waals surface area contributed by atoms with Crippen molar-refractivity contribution in [3.05, 3.63) is 77.4 Å². The molecule has 3 nitrogen and oxygen atoms in total. The summed E-state index contributed by atoms with van der Waals surface area (Å²) in [6.45, 7) is 1.92. The fourth-order valence-corrected chi connectivity index (χ4v) is 3.51. The number of anilines is 1. The van der Waals surface area contributed by atoms with Crippen molar-refractivity contribution in [2.24, 2.45) is 0 Å². The van der Waals surface area contributed by atoms with Gasteiger partial charge in [0.1, 0.15) is 0 Å². The smallest absolute Gasteiger partial charge is 0.254 e. The van der Waals surface area contributed by atoms with Crippen LogP contribution in [-0.4, -0.2) is 5.91 Å². The van der Waals surface area contributed by atoms with Gasteiger partial charge in [-0.3, -0.25) is 4.79 Å². The molecule has 0 radical (unpaired) electrons. The van der Waals surface area contributed by atoms with Crippen LogP contribution in [0.2, 0.25) is 0 Å². The number of fused-ring (bicyclic) bond motifs is 1. The quantitative estimate of drug-likeness (QED) is 0.713. The lowest BCUT2D eigenvalue weighted by molar-refractivity contribution is 0.0931. The van der Waals surface area contributed by atoms with Crippen molar-refractivity contribution in [1.82, 2.24) is 5.32 Å². The third kappa shape index (κ3) is 2.33. The molecule has 0 aliphatic heterocycles. The molecule has 1 aliphatic carbocycles. The minimum atomic E-state index is -0.271. The van der Waals surface area contributed by atoms with Crippen molar-refractivity contribution >= 4 is 22.4 Å². The molecule has 0 saturated heterocycles. The molecule has 0 bridgehead atoms. The van der Waals surface area contributed by atoms with Crippen molar-refractivity contribution in [2.75, 3.05) is 5.73 Å². The first-order valence-electron chi connectivity index (χ1n) is 8.27. The first-order chi connectivity index (χ1) is 11.6. The number of hydrogen-bond donors (Lipinski definition) is 2. The van der Waals surface area contributed by atoms with E-state index in [1.165, 1.54) is 16.3 Å². The molecule has 4 rings (SSSR count). The monoisotopic (exact) mass is 316 g/mol. The maximum absolute atomic E-state index is 12.9. The molecule has 3 aromatic carbocycles. The van der Waals surface area contributed by atoms with E-state index in [4.69, 9.17) is 5.73 Å². The molecule has 24 heavy (non-hydrogen) atoms. The highest BCUT2D eigenvalue weighted by atomic mass is 16.1. The summed E-state index contributed by atoms with van der Waals surface area (Å²) in [6, 6.07) is 20.2. The lowest BCUT2D eigenvalue weighted by Gasteiger charge is -2.21. The summed E-state index contributed by atoms with van der Waals surface area (Å²) in [7, 11) is 0. The Morgan fingerprint density at radius 1 is 1.00 bits per heavy atom. The second-order valence-electron chi connectivity index (χ2n) is 6.60. The average Bonchev–Trinajstić information content (AvgIpc) is 3.34. The molecule has 1 fully saturated rings. The highest BCUT2D eigenvalue weighted by molar-refractivity contribution is 6.01. The van der Waals surface area contributed by atoms with Gasteiger partial charge in [0, 0.05) is 5.69 Å². The Labute approximate surface area is 141 Å². The number of nitrogen functional groups attached to an aromatic ring is 1. The standard InChI is InChI=1S/C21H20N2O/c1-14-6-4-11-18(22)19(14)20(24)23-21(12-13-21)17-10-5-8-15-7-2-3-9-16(15)17/h2-11H,12-13,22H2,1H3,(H,23,24). The molecule has 0 unspecified atom stereocenters. The van der Waals surface area contributed by atoms with E-state index in [0.717, 1.165) is 18.4 Å². The molecule has 0 aromatic heterocycles. The number of carbonyl (C=O) groups excluding carboxylic acids is 1. The van der Waals surface area contributed by atoms with E-state index >= 15 is 0 Å². The summed E-state index contributed by atoms with van der Waals surface area (Å²) in [5, 5.41) is 5.66. The van der Waals surface area contributed by atoms with Crippen LogP contribution in [0.3, 0.4) is 0 Å². The Kier molecular flexibility index (Phi) is 3.31. The van der Waals surface area contributed by atoms with Gasteiger partial charge in [0.15, 0.2) is 0 Å². The zero-order valence-electron chi connectivity index (χ0n) is 13.7. The summed E-state index contributed by atoms with van der Waals surface area (Å²) in [5.74, 6) is -0.0870. The third-order valence-corrected chi connectivity index (χ3v) is 4.94. The Hall–Kier alpha value is -2.81. The van der Waals surface area contributed by atoms with Crippen molar-refractivity contribution < 1.29 is 4.79 Å². The molecule has 1 aliphatic rings. The van der Waals surface area contributed by atoms with Crippen molar-refractivity contribution in [3.8, 4) is 0 Å². The Balaban J connectivity index is 1.73. The van der Waals surface area contributed by atoms with E-state index in [-0.39, 0.29) is 11.4 Å². The largest absolute Gasteiger partial charge is 0.398 e. The van der Waals surface area contributed by atoms with Crippen LogP contribution < -0.4 is 11.1 Å². The molecule has 0 spiro atoms. The second-order valence-corrected chi connectivity index (χ2v) is 6.60. The molecule has 3 heteroatoms. The fourth-order valence-electron chi connectivity index (χ4n) is 3.51. The van der Waals surface area contributed by atoms with Crippen molar-refractivity contribution in [3.63, 3.8) is 0 Å². The van der Waals surface area contributed by atoms with Gasteiger partial charge < -0.3 is 11.1 Å². The van der Waals surface area contributed by atoms with Gasteiger partial charge in [0.05, 0.1) is 11.1 Å². The summed E-state index contributed by atoms with van der Waals surface area (Å²) in [6.07, 6.45) is 1.91. The molecule has 1 saturated carbocycles. The number of amides is 1. The molecule has 1 amide bonds. The number of carbonyl (C=O) groups is 1. The maximum Gasteiger partial charge on any atom is 0.254 e. The van der Waals surface area contributed by atoms with Crippen LogP contribution in [0, 0.1) is 6.92 Å². The predicted octanol–water partition coefficient (Wildman–Crippen LogP) is 4.15. The zero-order valence-corrected chi connectivity index (χ0v) is 13.7. The van der Waals surface area contributed by atoms with Crippen LogP contribution in [-0.2, 0) is 5.54 Å². The topological polar surface area (TPSA) is 55.1 Å². The van der Waals surface area contributed by atoms with Crippen LogP contribution in [0.5, 0.6) is 0 Å². The molecular weight excluding hydrogens is 296 g/mol. The summed E-state index contributed by atoms with van der Waals surface area (Å²) in [4.78, 5) is 12.9. The van der Waals surface area contributed by atoms with Crippen molar-refractivity contribution in [2.45, 2.75) is 25.3 Å². The number of benzene rings is 3. The maximum atomic E-state index is 12.9. The van der Waals surface area contributed by atoms with Crippen LogP contribution in [0.1, 0.15) is 34.3 Å². The van der Waals surface area contributed by atoms with Gasteiger partial charge in [-0.1, -0.05) is 54.6 Å². The van der Waals surface area contributed by atoms with Gasteiger partial charge in [0.25, 0.3) is 5.91 Å². The summed E-state index contributed by atoms with van der Waals surface area (Å²) < 4.78 is 0. The molecule has 0 heterocycles. The Bertz CT molecular complexity index is 916. The first-order valence-corrected chi connectivity index (χ1v) is 8.27. The summed E-state index contributed by atoms with van der Waals surface area (Å²) >= 11 is 0. The van der Waals surface area contributed by atoms with E-state index in [1.54, 1.807) is 6.07 Å². The number of hydrogen-bond acceptors (Lipinski definition) is 2. The average molecular weight is 316 g/mol. The number of aryl methyl sites for hydroxylation is 1. The van der Waals surface area contributed by atoms with Gasteiger partial charge in [-0.25, -0.2) is 0 Å². The van der Waals surface area contributed by atoms with Gasteiger partial charge in [-0.05, 0) is 47.7 Å². The minimum absolute atomic E-state index is 0.0870. The first kappa shape index (κ1) is 14.8. The number of rotatable bonds is 3. The molecule has 0 atom stereocenters. The summed E-state index contributed by atoms with van der Waals surface area (Å²) in [5.41, 5.74) is 8.97. The molecular formula is C21H20N2O. The van der Waals surface area contributed by atoms with E-state index in [9.17, 15) is 4.79 Å². The van der Waals surface area contributed by atoms with Crippen LogP contribution in [0.25, 0.3) is 10.8 Å². The fraction of sp³-hybridized carbons (Fsp3) is 0.190. The lowest BCUT2D eigenvalue weighted by Crippen LogP contribution is -2.35. The number of nitrogens with two attached hydrogens (primary N) is 1. The predicted molar refractivity (Wildman–Crippen MR) is 97.9 cm³/mol. The van der Waals surface area contributed by atoms with Crippen molar-refractivity contribution in [1.29, 1.82) is 0 Å². The zero-order chi connectivity index (χ0) is 16.7.